The van der Waals surface area contributed by atoms with Gasteiger partial charge >= 0.3 is 5.69 Å². The molecule has 0 bridgehead atoms. The molecular weight excluding hydrogens is 370 g/mol. The molecule has 1 atom stereocenters. The van der Waals surface area contributed by atoms with Gasteiger partial charge in [-0.25, -0.2) is 4.79 Å². The van der Waals surface area contributed by atoms with Crippen LogP contribution in [0, 0.1) is 0 Å². The third kappa shape index (κ3) is 4.32. The highest BCUT2D eigenvalue weighted by Crippen LogP contribution is 2.18. The van der Waals surface area contributed by atoms with Gasteiger partial charge in [-0.1, -0.05) is 42.0 Å². The van der Waals surface area contributed by atoms with Crippen molar-refractivity contribution in [2.75, 3.05) is 6.61 Å². The Morgan fingerprint density at radius 2 is 1.86 bits per heavy atom. The fourth-order valence-corrected chi connectivity index (χ4v) is 3.14. The fourth-order valence-electron chi connectivity index (χ4n) is 3.14. The molecule has 0 spiro atoms. The van der Waals surface area contributed by atoms with Crippen molar-refractivity contribution < 1.29 is 4.74 Å². The third-order valence-electron chi connectivity index (χ3n) is 4.76. The first kappa shape index (κ1) is 20.6. The third-order valence-corrected chi connectivity index (χ3v) is 4.76. The van der Waals surface area contributed by atoms with Crippen LogP contribution in [0.4, 0.5) is 0 Å². The van der Waals surface area contributed by atoms with Crippen molar-refractivity contribution in [1.29, 1.82) is 0 Å². The maximum atomic E-state index is 12.7. The zero-order valence-corrected chi connectivity index (χ0v) is 17.3. The maximum absolute atomic E-state index is 12.7. The molecule has 0 aliphatic rings. The van der Waals surface area contributed by atoms with Gasteiger partial charge in [0.2, 0.25) is 0 Å². The number of ether oxygens (including phenoxy) is 1. The van der Waals surface area contributed by atoms with E-state index in [9.17, 15) is 9.59 Å². The summed E-state index contributed by atoms with van der Waals surface area (Å²) in [7, 11) is 3.05. The summed E-state index contributed by atoms with van der Waals surface area (Å²) in [5.74, 6) is 0. The summed E-state index contributed by atoms with van der Waals surface area (Å²) in [5, 5.41) is 0. The van der Waals surface area contributed by atoms with E-state index in [0.29, 0.717) is 24.1 Å². The minimum absolute atomic E-state index is 0.235. The lowest BCUT2D eigenvalue weighted by Gasteiger charge is -2.13. The standard InChI is InChI=1S/C21H27N5O3/c1-14(2)10-11-26-17-18(24(3)21(28)25(4)19(17)27)23-20(26)29-13-16(22)12-15-8-6-5-7-9-15/h5-10,16H,11-13,22H2,1-4H3/t16-/m0/s1. The van der Waals surface area contributed by atoms with Crippen LogP contribution in [0.2, 0.25) is 0 Å². The van der Waals surface area contributed by atoms with Gasteiger partial charge in [-0.15, -0.1) is 0 Å². The maximum Gasteiger partial charge on any atom is 0.332 e. The van der Waals surface area contributed by atoms with Crippen molar-refractivity contribution in [3.63, 3.8) is 0 Å². The number of imidazole rings is 1. The van der Waals surface area contributed by atoms with Gasteiger partial charge in [-0.05, 0) is 25.8 Å². The van der Waals surface area contributed by atoms with Crippen LogP contribution in [0.1, 0.15) is 19.4 Å². The van der Waals surface area contributed by atoms with E-state index in [-0.39, 0.29) is 18.7 Å². The number of aryl methyl sites for hydroxylation is 1. The monoisotopic (exact) mass is 397 g/mol. The Labute approximate surface area is 168 Å². The summed E-state index contributed by atoms with van der Waals surface area (Å²) < 4.78 is 10.0. The zero-order chi connectivity index (χ0) is 21.1. The van der Waals surface area contributed by atoms with Crippen molar-refractivity contribution in [1.82, 2.24) is 18.7 Å². The zero-order valence-electron chi connectivity index (χ0n) is 17.3. The van der Waals surface area contributed by atoms with Crippen LogP contribution in [-0.4, -0.2) is 31.3 Å². The number of rotatable bonds is 7. The van der Waals surface area contributed by atoms with Gasteiger partial charge in [-0.2, -0.15) is 4.98 Å². The second kappa shape index (κ2) is 8.48. The molecule has 2 N–H and O–H groups in total. The number of hydrogen-bond acceptors (Lipinski definition) is 5. The molecule has 2 heterocycles. The molecule has 0 saturated carbocycles. The topological polar surface area (TPSA) is 97.1 Å². The first-order valence-electron chi connectivity index (χ1n) is 9.51. The Morgan fingerprint density at radius 1 is 1.17 bits per heavy atom. The van der Waals surface area contributed by atoms with Gasteiger partial charge in [0, 0.05) is 26.7 Å². The Balaban J connectivity index is 1.96. The first-order valence-corrected chi connectivity index (χ1v) is 9.51. The highest BCUT2D eigenvalue weighted by atomic mass is 16.5. The predicted octanol–water partition coefficient (Wildman–Crippen LogP) is 1.35. The number of hydrogen-bond donors (Lipinski definition) is 1. The second-order valence-electron chi connectivity index (χ2n) is 7.43. The molecule has 0 aliphatic heterocycles. The second-order valence-corrected chi connectivity index (χ2v) is 7.43. The summed E-state index contributed by atoms with van der Waals surface area (Å²) in [6, 6.07) is 9.98. The normalized spacial score (nSPS) is 12.2. The molecule has 3 aromatic rings. The quantitative estimate of drug-likeness (QED) is 0.607. The van der Waals surface area contributed by atoms with E-state index in [1.165, 1.54) is 11.6 Å². The van der Waals surface area contributed by atoms with E-state index in [4.69, 9.17) is 10.5 Å². The summed E-state index contributed by atoms with van der Waals surface area (Å²) >= 11 is 0. The summed E-state index contributed by atoms with van der Waals surface area (Å²) in [6.07, 6.45) is 2.64. The van der Waals surface area contributed by atoms with E-state index >= 15 is 0 Å². The van der Waals surface area contributed by atoms with E-state index in [0.717, 1.165) is 15.7 Å². The number of nitrogens with zero attached hydrogens (tertiary/aromatic N) is 4. The van der Waals surface area contributed by atoms with Crippen LogP contribution in [0.3, 0.4) is 0 Å². The van der Waals surface area contributed by atoms with Crippen LogP contribution < -0.4 is 21.7 Å². The highest BCUT2D eigenvalue weighted by molar-refractivity contribution is 5.72. The smallest absolute Gasteiger partial charge is 0.332 e. The molecule has 0 radical (unpaired) electrons. The molecule has 0 fully saturated rings. The van der Waals surface area contributed by atoms with Gasteiger partial charge < -0.3 is 10.5 Å². The molecule has 0 saturated heterocycles. The molecular formula is C21H27N5O3. The van der Waals surface area contributed by atoms with Crippen LogP contribution in [-0.2, 0) is 27.1 Å². The molecule has 8 nitrogen and oxygen atoms in total. The van der Waals surface area contributed by atoms with Crippen LogP contribution in [0.15, 0.2) is 51.6 Å². The first-order chi connectivity index (χ1) is 13.8. The van der Waals surface area contributed by atoms with Gasteiger partial charge in [0.1, 0.15) is 6.61 Å². The van der Waals surface area contributed by atoms with Crippen molar-refractivity contribution in [3.8, 4) is 6.01 Å². The summed E-state index contributed by atoms with van der Waals surface area (Å²) in [5.41, 5.74) is 8.25. The number of allylic oxidation sites excluding steroid dienone is 2. The predicted molar refractivity (Wildman–Crippen MR) is 113 cm³/mol. The van der Waals surface area contributed by atoms with Gasteiger partial charge in [0.05, 0.1) is 0 Å². The van der Waals surface area contributed by atoms with Crippen molar-refractivity contribution >= 4 is 11.2 Å². The van der Waals surface area contributed by atoms with Crippen molar-refractivity contribution in [2.45, 2.75) is 32.9 Å². The average molecular weight is 397 g/mol. The van der Waals surface area contributed by atoms with Crippen LogP contribution >= 0.6 is 0 Å². The molecule has 0 amide bonds. The molecule has 3 rings (SSSR count). The molecule has 2 aromatic heterocycles. The Kier molecular flexibility index (Phi) is 6.03. The molecule has 154 valence electrons. The molecule has 1 aromatic carbocycles. The molecule has 8 heteroatoms. The Bertz CT molecular complexity index is 1150. The minimum atomic E-state index is -0.429. The number of fused-ring (bicyclic) bond motifs is 1. The lowest BCUT2D eigenvalue weighted by molar-refractivity contribution is 0.258. The Hall–Kier alpha value is -3.13. The van der Waals surface area contributed by atoms with Gasteiger partial charge in [-0.3, -0.25) is 18.5 Å². The Morgan fingerprint density at radius 3 is 2.52 bits per heavy atom. The largest absolute Gasteiger partial charge is 0.463 e. The lowest BCUT2D eigenvalue weighted by atomic mass is 10.1. The molecule has 0 aliphatic carbocycles. The van der Waals surface area contributed by atoms with E-state index < -0.39 is 11.2 Å². The van der Waals surface area contributed by atoms with Crippen molar-refractivity contribution in [2.24, 2.45) is 19.8 Å². The van der Waals surface area contributed by atoms with E-state index in [1.54, 1.807) is 11.6 Å². The summed E-state index contributed by atoms with van der Waals surface area (Å²) in [6.45, 7) is 4.60. The van der Waals surface area contributed by atoms with Crippen LogP contribution in [0.5, 0.6) is 6.01 Å². The van der Waals surface area contributed by atoms with Crippen molar-refractivity contribution in [3.05, 3.63) is 68.4 Å². The van der Waals surface area contributed by atoms with Gasteiger partial charge in [0.15, 0.2) is 11.2 Å². The summed E-state index contributed by atoms with van der Waals surface area (Å²) in [4.78, 5) is 29.4. The molecule has 29 heavy (non-hydrogen) atoms. The average Bonchev–Trinajstić information content (AvgIpc) is 3.07. The molecule has 0 unspecified atom stereocenters. The van der Waals surface area contributed by atoms with Gasteiger partial charge in [0.25, 0.3) is 11.6 Å². The SMILES string of the molecule is CC(C)=CCn1c(OC[C@@H](N)Cc2ccccc2)nc2c1c(=O)n(C)c(=O)n2C. The number of nitrogens with two attached hydrogens (primary N) is 1. The lowest BCUT2D eigenvalue weighted by Crippen LogP contribution is -2.37. The number of benzene rings is 1. The van der Waals surface area contributed by atoms with Crippen LogP contribution in [0.25, 0.3) is 11.2 Å². The van der Waals surface area contributed by atoms with E-state index in [1.807, 2.05) is 50.3 Å². The number of aromatic nitrogens is 4. The fraction of sp³-hybridized carbons (Fsp3) is 0.381. The van der Waals surface area contributed by atoms with E-state index in [2.05, 4.69) is 4.98 Å². The highest BCUT2D eigenvalue weighted by Gasteiger charge is 2.20. The minimum Gasteiger partial charge on any atom is -0.463 e.